The van der Waals surface area contributed by atoms with Crippen LogP contribution in [0.2, 0.25) is 5.02 Å². The van der Waals surface area contributed by atoms with Crippen LogP contribution in [-0.2, 0) is 9.53 Å². The summed E-state index contributed by atoms with van der Waals surface area (Å²) in [6.45, 7) is -0.0707. The molecule has 1 N–H and O–H groups in total. The summed E-state index contributed by atoms with van der Waals surface area (Å²) >= 11 is 5.78. The highest BCUT2D eigenvalue weighted by atomic mass is 35.5. The standard InChI is InChI=1S/C20H16ClNO6/c21-14-5-7-15(8-6-14)26-10-9-22-18(23)12-27-19(24)16-11-13-3-1-2-4-17(13)28-20(16)25/h1-8,11H,9-10,12H2,(H,22,23). The Morgan fingerprint density at radius 1 is 1.07 bits per heavy atom. The van der Waals surface area contributed by atoms with E-state index in [0.29, 0.717) is 21.7 Å². The first-order valence-corrected chi connectivity index (χ1v) is 8.76. The van der Waals surface area contributed by atoms with Gasteiger partial charge in [0.05, 0.1) is 6.54 Å². The van der Waals surface area contributed by atoms with Crippen LogP contribution < -0.4 is 15.7 Å². The molecule has 8 heteroatoms. The fourth-order valence-electron chi connectivity index (χ4n) is 2.35. The van der Waals surface area contributed by atoms with Crippen molar-refractivity contribution in [3.8, 4) is 5.75 Å². The van der Waals surface area contributed by atoms with Gasteiger partial charge in [-0.2, -0.15) is 0 Å². The summed E-state index contributed by atoms with van der Waals surface area (Å²) in [6, 6.07) is 15.0. The molecule has 0 bridgehead atoms. The number of fused-ring (bicyclic) bond motifs is 1. The highest BCUT2D eigenvalue weighted by molar-refractivity contribution is 6.30. The van der Waals surface area contributed by atoms with Crippen LogP contribution in [-0.4, -0.2) is 31.6 Å². The van der Waals surface area contributed by atoms with E-state index in [-0.39, 0.29) is 18.7 Å². The number of nitrogens with one attached hydrogen (secondary N) is 1. The Morgan fingerprint density at radius 3 is 2.61 bits per heavy atom. The van der Waals surface area contributed by atoms with Gasteiger partial charge in [0.15, 0.2) is 6.61 Å². The van der Waals surface area contributed by atoms with Gasteiger partial charge in [-0.15, -0.1) is 0 Å². The number of rotatable bonds is 7. The molecule has 28 heavy (non-hydrogen) atoms. The smallest absolute Gasteiger partial charge is 0.351 e. The molecule has 1 aromatic heterocycles. The van der Waals surface area contributed by atoms with E-state index in [0.717, 1.165) is 0 Å². The minimum Gasteiger partial charge on any atom is -0.492 e. The molecule has 1 amide bonds. The molecule has 0 aliphatic carbocycles. The summed E-state index contributed by atoms with van der Waals surface area (Å²) < 4.78 is 15.4. The van der Waals surface area contributed by atoms with Crippen LogP contribution in [0.3, 0.4) is 0 Å². The second-order valence-corrected chi connectivity index (χ2v) is 6.15. The third-order valence-corrected chi connectivity index (χ3v) is 3.95. The Labute approximate surface area is 164 Å². The first kappa shape index (κ1) is 19.4. The molecule has 1 heterocycles. The maximum atomic E-state index is 12.1. The molecule has 0 radical (unpaired) electrons. The zero-order valence-corrected chi connectivity index (χ0v) is 15.4. The van der Waals surface area contributed by atoms with E-state index in [2.05, 4.69) is 5.32 Å². The van der Waals surface area contributed by atoms with Crippen LogP contribution in [0.15, 0.2) is 63.8 Å². The van der Waals surface area contributed by atoms with Crippen LogP contribution >= 0.6 is 11.6 Å². The fourth-order valence-corrected chi connectivity index (χ4v) is 2.48. The number of esters is 1. The number of carbonyl (C=O) groups excluding carboxylic acids is 2. The number of amides is 1. The van der Waals surface area contributed by atoms with Crippen molar-refractivity contribution in [3.05, 3.63) is 75.6 Å². The molecule has 0 saturated carbocycles. The number of carbonyl (C=O) groups is 2. The van der Waals surface area contributed by atoms with Gasteiger partial charge in [0, 0.05) is 10.4 Å². The van der Waals surface area contributed by atoms with E-state index < -0.39 is 24.1 Å². The lowest BCUT2D eigenvalue weighted by atomic mass is 10.2. The third-order valence-electron chi connectivity index (χ3n) is 3.70. The molecule has 2 aromatic carbocycles. The van der Waals surface area contributed by atoms with Gasteiger partial charge in [-0.3, -0.25) is 4.79 Å². The average Bonchev–Trinajstić information content (AvgIpc) is 2.70. The lowest BCUT2D eigenvalue weighted by molar-refractivity contribution is -0.124. The Balaban J connectivity index is 1.45. The first-order valence-electron chi connectivity index (χ1n) is 8.38. The van der Waals surface area contributed by atoms with Crippen LogP contribution in [0.25, 0.3) is 11.0 Å². The zero-order chi connectivity index (χ0) is 19.9. The molecule has 3 rings (SSSR count). The summed E-state index contributed by atoms with van der Waals surface area (Å²) in [7, 11) is 0. The van der Waals surface area contributed by atoms with Gasteiger partial charge in [-0.25, -0.2) is 9.59 Å². The van der Waals surface area contributed by atoms with Crippen molar-refractivity contribution >= 4 is 34.4 Å². The second-order valence-electron chi connectivity index (χ2n) is 5.71. The van der Waals surface area contributed by atoms with E-state index in [1.54, 1.807) is 48.5 Å². The van der Waals surface area contributed by atoms with Crippen molar-refractivity contribution in [1.29, 1.82) is 0 Å². The predicted molar refractivity (Wildman–Crippen MR) is 103 cm³/mol. The lowest BCUT2D eigenvalue weighted by Crippen LogP contribution is -2.32. The Hall–Kier alpha value is -3.32. The van der Waals surface area contributed by atoms with Crippen LogP contribution in [0.1, 0.15) is 10.4 Å². The van der Waals surface area contributed by atoms with Crippen molar-refractivity contribution in [2.24, 2.45) is 0 Å². The fraction of sp³-hybridized carbons (Fsp3) is 0.150. The van der Waals surface area contributed by atoms with Gasteiger partial charge in [0.25, 0.3) is 5.91 Å². The van der Waals surface area contributed by atoms with Crippen molar-refractivity contribution in [1.82, 2.24) is 5.32 Å². The quantitative estimate of drug-likeness (QED) is 0.371. The molecular weight excluding hydrogens is 386 g/mol. The van der Waals surface area contributed by atoms with E-state index in [4.69, 9.17) is 25.5 Å². The number of ether oxygens (including phenoxy) is 2. The number of hydrogen-bond acceptors (Lipinski definition) is 6. The molecule has 7 nitrogen and oxygen atoms in total. The molecule has 0 aliphatic heterocycles. The third kappa shape index (κ3) is 5.11. The molecule has 144 valence electrons. The molecule has 3 aromatic rings. The topological polar surface area (TPSA) is 94.8 Å². The first-order chi connectivity index (χ1) is 13.5. The molecule has 0 fully saturated rings. The van der Waals surface area contributed by atoms with Gasteiger partial charge >= 0.3 is 11.6 Å². The average molecular weight is 402 g/mol. The summed E-state index contributed by atoms with van der Waals surface area (Å²) in [5.41, 5.74) is -0.722. The second kappa shape index (κ2) is 9.05. The highest BCUT2D eigenvalue weighted by Crippen LogP contribution is 2.15. The van der Waals surface area contributed by atoms with Crippen LogP contribution in [0, 0.1) is 0 Å². The summed E-state index contributed by atoms with van der Waals surface area (Å²) in [6.07, 6.45) is 0. The normalized spacial score (nSPS) is 10.5. The molecule has 0 aliphatic rings. The van der Waals surface area contributed by atoms with E-state index >= 15 is 0 Å². The zero-order valence-electron chi connectivity index (χ0n) is 14.6. The lowest BCUT2D eigenvalue weighted by Gasteiger charge is -2.08. The number of hydrogen-bond donors (Lipinski definition) is 1. The van der Waals surface area contributed by atoms with Crippen molar-refractivity contribution in [2.45, 2.75) is 0 Å². The van der Waals surface area contributed by atoms with Crippen molar-refractivity contribution < 1.29 is 23.5 Å². The monoisotopic (exact) mass is 401 g/mol. The van der Waals surface area contributed by atoms with Crippen molar-refractivity contribution in [3.63, 3.8) is 0 Å². The molecule has 0 spiro atoms. The van der Waals surface area contributed by atoms with Gasteiger partial charge in [-0.1, -0.05) is 29.8 Å². The largest absolute Gasteiger partial charge is 0.492 e. The molecule has 0 saturated heterocycles. The van der Waals surface area contributed by atoms with Gasteiger partial charge in [0.2, 0.25) is 0 Å². The Bertz CT molecular complexity index is 1040. The van der Waals surface area contributed by atoms with Gasteiger partial charge in [0.1, 0.15) is 23.5 Å². The SMILES string of the molecule is O=C(COC(=O)c1cc2ccccc2oc1=O)NCCOc1ccc(Cl)cc1. The van der Waals surface area contributed by atoms with E-state index in [9.17, 15) is 14.4 Å². The van der Waals surface area contributed by atoms with Gasteiger partial charge in [-0.05, 0) is 36.4 Å². The summed E-state index contributed by atoms with van der Waals surface area (Å²) in [4.78, 5) is 35.7. The number of para-hydroxylation sites is 1. The van der Waals surface area contributed by atoms with E-state index in [1.807, 2.05) is 0 Å². The summed E-state index contributed by atoms with van der Waals surface area (Å²) in [5.74, 6) is -0.821. The molecule has 0 unspecified atom stereocenters. The summed E-state index contributed by atoms with van der Waals surface area (Å²) in [5, 5.41) is 3.73. The predicted octanol–water partition coefficient (Wildman–Crippen LogP) is 2.80. The van der Waals surface area contributed by atoms with Gasteiger partial charge < -0.3 is 19.2 Å². The highest BCUT2D eigenvalue weighted by Gasteiger charge is 2.16. The van der Waals surface area contributed by atoms with Crippen LogP contribution in [0.4, 0.5) is 0 Å². The van der Waals surface area contributed by atoms with Crippen molar-refractivity contribution in [2.75, 3.05) is 19.8 Å². The minimum atomic E-state index is -0.924. The number of benzene rings is 2. The maximum Gasteiger partial charge on any atom is 0.351 e. The number of halogens is 1. The van der Waals surface area contributed by atoms with Crippen LogP contribution in [0.5, 0.6) is 5.75 Å². The molecular formula is C20H16ClNO6. The Kier molecular flexibility index (Phi) is 6.29. The molecule has 0 atom stereocenters. The maximum absolute atomic E-state index is 12.1. The Morgan fingerprint density at radius 2 is 1.82 bits per heavy atom. The minimum absolute atomic E-state index is 0.219. The van der Waals surface area contributed by atoms with E-state index in [1.165, 1.54) is 6.07 Å².